The quantitative estimate of drug-likeness (QED) is 0.794. The third kappa shape index (κ3) is 5.70. The van der Waals surface area contributed by atoms with Gasteiger partial charge in [-0.15, -0.1) is 0 Å². The molecule has 2 aliphatic heterocycles. The number of nitrogens with zero attached hydrogens (tertiary/aromatic N) is 2. The summed E-state index contributed by atoms with van der Waals surface area (Å²) in [6.07, 6.45) is 2.87. The highest BCUT2D eigenvalue weighted by molar-refractivity contribution is 5.85. The van der Waals surface area contributed by atoms with Gasteiger partial charge in [0, 0.05) is 38.3 Å². The molecule has 148 valence electrons. The maximum atomic E-state index is 12.4. The first-order valence-electron chi connectivity index (χ1n) is 10.2. The second-order valence-corrected chi connectivity index (χ2v) is 7.77. The summed E-state index contributed by atoms with van der Waals surface area (Å²) < 4.78 is 0. The molecule has 0 aliphatic carbocycles. The Balaban J connectivity index is 1.36. The van der Waals surface area contributed by atoms with E-state index in [4.69, 9.17) is 0 Å². The maximum Gasteiger partial charge on any atom is 0.242 e. The molecule has 27 heavy (non-hydrogen) atoms. The van der Waals surface area contributed by atoms with E-state index in [1.165, 1.54) is 18.5 Å². The van der Waals surface area contributed by atoms with Crippen molar-refractivity contribution in [3.8, 4) is 0 Å². The number of anilines is 1. The zero-order valence-electron chi connectivity index (χ0n) is 16.3. The van der Waals surface area contributed by atoms with Crippen molar-refractivity contribution in [2.24, 2.45) is 11.8 Å². The monoisotopic (exact) mass is 372 g/mol. The van der Waals surface area contributed by atoms with Gasteiger partial charge in [-0.2, -0.15) is 0 Å². The van der Waals surface area contributed by atoms with E-state index in [9.17, 15) is 9.59 Å². The SMILES string of the molecule is CC(CC(=O)NCC(=O)N1CCN(c2ccccc2)CC1)C1CCCNC1. The lowest BCUT2D eigenvalue weighted by molar-refractivity contribution is -0.133. The van der Waals surface area contributed by atoms with Crippen molar-refractivity contribution in [1.29, 1.82) is 0 Å². The molecule has 3 rings (SSSR count). The number of hydrogen-bond donors (Lipinski definition) is 2. The molecule has 2 aliphatic rings. The van der Waals surface area contributed by atoms with Gasteiger partial charge >= 0.3 is 0 Å². The molecule has 2 N–H and O–H groups in total. The summed E-state index contributed by atoms with van der Waals surface area (Å²) in [7, 11) is 0. The standard InChI is InChI=1S/C21H32N4O2/c1-17(18-6-5-9-22-15-18)14-20(26)23-16-21(27)25-12-10-24(11-13-25)19-7-3-2-4-8-19/h2-4,7-8,17-18,22H,5-6,9-16H2,1H3,(H,23,26). The Morgan fingerprint density at radius 1 is 1.19 bits per heavy atom. The van der Waals surface area contributed by atoms with Gasteiger partial charge in [0.2, 0.25) is 11.8 Å². The molecule has 2 fully saturated rings. The number of nitrogens with one attached hydrogen (secondary N) is 2. The van der Waals surface area contributed by atoms with E-state index in [0.717, 1.165) is 26.2 Å². The highest BCUT2D eigenvalue weighted by atomic mass is 16.2. The molecular weight excluding hydrogens is 340 g/mol. The summed E-state index contributed by atoms with van der Waals surface area (Å²) in [5.74, 6) is 0.918. The zero-order valence-corrected chi connectivity index (χ0v) is 16.3. The fraction of sp³-hybridized carbons (Fsp3) is 0.619. The Bertz CT molecular complexity index is 608. The molecular formula is C21H32N4O2. The molecule has 0 aromatic heterocycles. The van der Waals surface area contributed by atoms with E-state index in [2.05, 4.69) is 34.6 Å². The van der Waals surface area contributed by atoms with Gasteiger partial charge in [-0.25, -0.2) is 0 Å². The van der Waals surface area contributed by atoms with Crippen molar-refractivity contribution in [2.45, 2.75) is 26.2 Å². The normalized spacial score (nSPS) is 21.6. The van der Waals surface area contributed by atoms with E-state index in [1.807, 2.05) is 23.1 Å². The predicted molar refractivity (Wildman–Crippen MR) is 108 cm³/mol. The minimum Gasteiger partial charge on any atom is -0.368 e. The van der Waals surface area contributed by atoms with E-state index in [1.54, 1.807) is 0 Å². The molecule has 0 radical (unpaired) electrons. The van der Waals surface area contributed by atoms with E-state index in [0.29, 0.717) is 31.3 Å². The fourth-order valence-corrected chi connectivity index (χ4v) is 4.03. The second-order valence-electron chi connectivity index (χ2n) is 7.77. The number of piperidine rings is 1. The summed E-state index contributed by atoms with van der Waals surface area (Å²) in [6.45, 7) is 7.40. The lowest BCUT2D eigenvalue weighted by Crippen LogP contribution is -2.51. The molecule has 0 spiro atoms. The van der Waals surface area contributed by atoms with E-state index < -0.39 is 0 Å². The number of piperazine rings is 1. The van der Waals surface area contributed by atoms with Crippen LogP contribution < -0.4 is 15.5 Å². The van der Waals surface area contributed by atoms with Gasteiger partial charge in [0.1, 0.15) is 0 Å². The first-order valence-corrected chi connectivity index (χ1v) is 10.2. The summed E-state index contributed by atoms with van der Waals surface area (Å²) in [4.78, 5) is 28.8. The van der Waals surface area contributed by atoms with Crippen molar-refractivity contribution >= 4 is 17.5 Å². The van der Waals surface area contributed by atoms with Gasteiger partial charge in [-0.3, -0.25) is 9.59 Å². The van der Waals surface area contributed by atoms with Crippen molar-refractivity contribution in [2.75, 3.05) is 50.7 Å². The number of para-hydroxylation sites is 1. The third-order valence-electron chi connectivity index (χ3n) is 5.84. The smallest absolute Gasteiger partial charge is 0.242 e. The van der Waals surface area contributed by atoms with Crippen molar-refractivity contribution in [3.05, 3.63) is 30.3 Å². The van der Waals surface area contributed by atoms with Crippen LogP contribution in [0, 0.1) is 11.8 Å². The summed E-state index contributed by atoms with van der Waals surface area (Å²) in [5, 5.41) is 6.23. The second kappa shape index (κ2) is 9.74. The molecule has 2 atom stereocenters. The van der Waals surface area contributed by atoms with Crippen molar-refractivity contribution in [3.63, 3.8) is 0 Å². The van der Waals surface area contributed by atoms with Crippen LogP contribution in [-0.2, 0) is 9.59 Å². The van der Waals surface area contributed by atoms with Gasteiger partial charge in [0.15, 0.2) is 0 Å². The molecule has 6 nitrogen and oxygen atoms in total. The molecule has 0 bridgehead atoms. The molecule has 1 aromatic rings. The number of carbonyl (C=O) groups is 2. The average Bonchev–Trinajstić information content (AvgIpc) is 2.73. The zero-order chi connectivity index (χ0) is 19.1. The summed E-state index contributed by atoms with van der Waals surface area (Å²) >= 11 is 0. The van der Waals surface area contributed by atoms with Crippen LogP contribution in [0.1, 0.15) is 26.2 Å². The number of benzene rings is 1. The predicted octanol–water partition coefficient (Wildman–Crippen LogP) is 1.48. The van der Waals surface area contributed by atoms with E-state index >= 15 is 0 Å². The van der Waals surface area contributed by atoms with Crippen molar-refractivity contribution in [1.82, 2.24) is 15.5 Å². The van der Waals surface area contributed by atoms with Crippen LogP contribution in [0.3, 0.4) is 0 Å². The average molecular weight is 373 g/mol. The fourth-order valence-electron chi connectivity index (χ4n) is 4.03. The minimum absolute atomic E-state index is 0.00987. The highest BCUT2D eigenvalue weighted by Gasteiger charge is 2.24. The topological polar surface area (TPSA) is 64.7 Å². The van der Waals surface area contributed by atoms with Crippen LogP contribution in [0.2, 0.25) is 0 Å². The van der Waals surface area contributed by atoms with Crippen LogP contribution in [-0.4, -0.2) is 62.5 Å². The largest absolute Gasteiger partial charge is 0.368 e. The van der Waals surface area contributed by atoms with Crippen LogP contribution in [0.5, 0.6) is 0 Å². The van der Waals surface area contributed by atoms with Gasteiger partial charge < -0.3 is 20.4 Å². The van der Waals surface area contributed by atoms with E-state index in [-0.39, 0.29) is 18.4 Å². The number of rotatable bonds is 6. The minimum atomic E-state index is -0.00987. The highest BCUT2D eigenvalue weighted by Crippen LogP contribution is 2.22. The van der Waals surface area contributed by atoms with Gasteiger partial charge in [0.05, 0.1) is 6.54 Å². The Labute approximate surface area is 162 Å². The van der Waals surface area contributed by atoms with Gasteiger partial charge in [0.25, 0.3) is 0 Å². The maximum absolute atomic E-state index is 12.4. The number of amides is 2. The molecule has 6 heteroatoms. The summed E-state index contributed by atoms with van der Waals surface area (Å²) in [5.41, 5.74) is 1.20. The third-order valence-corrected chi connectivity index (χ3v) is 5.84. The first-order chi connectivity index (χ1) is 13.1. The molecule has 1 aromatic carbocycles. The number of hydrogen-bond acceptors (Lipinski definition) is 4. The molecule has 2 amide bonds. The Morgan fingerprint density at radius 2 is 1.93 bits per heavy atom. The van der Waals surface area contributed by atoms with Gasteiger partial charge in [-0.1, -0.05) is 25.1 Å². The Kier molecular flexibility index (Phi) is 7.10. The molecule has 2 heterocycles. The Hall–Kier alpha value is -2.08. The Morgan fingerprint density at radius 3 is 2.59 bits per heavy atom. The molecule has 2 unspecified atom stereocenters. The van der Waals surface area contributed by atoms with Crippen molar-refractivity contribution < 1.29 is 9.59 Å². The van der Waals surface area contributed by atoms with Crippen LogP contribution >= 0.6 is 0 Å². The molecule has 2 saturated heterocycles. The van der Waals surface area contributed by atoms with Gasteiger partial charge in [-0.05, 0) is 49.9 Å². The van der Waals surface area contributed by atoms with Crippen LogP contribution in [0.25, 0.3) is 0 Å². The number of carbonyl (C=O) groups excluding carboxylic acids is 2. The lowest BCUT2D eigenvalue weighted by atomic mass is 9.85. The lowest BCUT2D eigenvalue weighted by Gasteiger charge is -2.36. The van der Waals surface area contributed by atoms with Crippen LogP contribution in [0.15, 0.2) is 30.3 Å². The molecule has 0 saturated carbocycles. The van der Waals surface area contributed by atoms with Crippen LogP contribution in [0.4, 0.5) is 5.69 Å². The summed E-state index contributed by atoms with van der Waals surface area (Å²) in [6, 6.07) is 10.3. The first kappa shape index (κ1) is 19.7.